The van der Waals surface area contributed by atoms with Crippen LogP contribution >= 0.6 is 0 Å². The summed E-state index contributed by atoms with van der Waals surface area (Å²) in [5.41, 5.74) is 12.0. The van der Waals surface area contributed by atoms with Crippen molar-refractivity contribution < 1.29 is 0 Å². The molecule has 0 atom stereocenters. The molecule has 2 nitrogen and oxygen atoms in total. The Morgan fingerprint density at radius 1 is 0.655 bits per heavy atom. The van der Waals surface area contributed by atoms with Gasteiger partial charge in [0.05, 0.1) is 0 Å². The molecular formula is C56H58N2. The normalized spacial score (nSPS) is 17.8. The van der Waals surface area contributed by atoms with Gasteiger partial charge in [-0.3, -0.25) is 0 Å². The van der Waals surface area contributed by atoms with Crippen molar-refractivity contribution in [3.8, 4) is 0 Å². The van der Waals surface area contributed by atoms with Gasteiger partial charge in [-0.1, -0.05) is 185 Å². The lowest BCUT2D eigenvalue weighted by Gasteiger charge is -2.37. The Balaban J connectivity index is 1.12. The molecule has 0 fully saturated rings. The van der Waals surface area contributed by atoms with E-state index >= 15 is 0 Å². The molecule has 8 rings (SSSR count). The second kappa shape index (κ2) is 16.2. The third-order valence-corrected chi connectivity index (χ3v) is 12.6. The van der Waals surface area contributed by atoms with Gasteiger partial charge in [0.1, 0.15) is 0 Å². The third kappa shape index (κ3) is 7.86. The van der Waals surface area contributed by atoms with Gasteiger partial charge in [-0.25, -0.2) is 0 Å². The Hall–Kier alpha value is -5.86. The molecule has 0 saturated heterocycles. The van der Waals surface area contributed by atoms with Gasteiger partial charge in [-0.05, 0) is 111 Å². The second-order valence-electron chi connectivity index (χ2n) is 18.0. The summed E-state index contributed by atoms with van der Waals surface area (Å²) in [5, 5.41) is 8.87. The molecule has 0 amide bonds. The quantitative estimate of drug-likeness (QED) is 0.142. The molecule has 292 valence electrons. The van der Waals surface area contributed by atoms with E-state index in [9.17, 15) is 0 Å². The average Bonchev–Trinajstić information content (AvgIpc) is 3.42. The van der Waals surface area contributed by atoms with Crippen molar-refractivity contribution in [1.82, 2.24) is 0 Å². The van der Waals surface area contributed by atoms with Crippen LogP contribution in [0.3, 0.4) is 0 Å². The summed E-state index contributed by atoms with van der Waals surface area (Å²) in [6.45, 7) is 9.55. The van der Waals surface area contributed by atoms with Gasteiger partial charge in [-0.2, -0.15) is 0 Å². The highest BCUT2D eigenvalue weighted by molar-refractivity contribution is 5.95. The molecule has 0 spiro atoms. The van der Waals surface area contributed by atoms with Crippen LogP contribution in [0.15, 0.2) is 193 Å². The van der Waals surface area contributed by atoms with E-state index in [1.807, 2.05) is 0 Å². The minimum atomic E-state index is -0.201. The predicted octanol–water partition coefficient (Wildman–Crippen LogP) is 14.2. The van der Waals surface area contributed by atoms with Gasteiger partial charge in [0.15, 0.2) is 0 Å². The highest BCUT2D eigenvalue weighted by Crippen LogP contribution is 2.50. The maximum Gasteiger partial charge on any atom is 0.0454 e. The van der Waals surface area contributed by atoms with Crippen molar-refractivity contribution in [2.45, 2.75) is 70.6 Å². The zero-order chi connectivity index (χ0) is 40.3. The van der Waals surface area contributed by atoms with E-state index in [0.29, 0.717) is 0 Å². The number of allylic oxidation sites excluding steroid dienone is 10. The predicted molar refractivity (Wildman–Crippen MR) is 251 cm³/mol. The van der Waals surface area contributed by atoms with Crippen LogP contribution < -0.4 is 10.2 Å². The van der Waals surface area contributed by atoms with Crippen LogP contribution in [0.1, 0.15) is 69.2 Å². The molecule has 6 aromatic rings. The number of fused-ring (bicyclic) bond motifs is 4. The lowest BCUT2D eigenvalue weighted by Crippen LogP contribution is -2.32. The summed E-state index contributed by atoms with van der Waals surface area (Å²) in [4.78, 5) is 2.38. The molecule has 0 saturated carbocycles. The molecule has 2 heteroatoms. The van der Waals surface area contributed by atoms with E-state index < -0.39 is 0 Å². The second-order valence-corrected chi connectivity index (χ2v) is 18.0. The monoisotopic (exact) mass is 758 g/mol. The Kier molecular flexibility index (Phi) is 10.9. The van der Waals surface area contributed by atoms with Crippen LogP contribution in [-0.2, 0) is 23.7 Å². The molecule has 2 aliphatic rings. The van der Waals surface area contributed by atoms with Gasteiger partial charge < -0.3 is 10.2 Å². The summed E-state index contributed by atoms with van der Waals surface area (Å²) in [6.07, 6.45) is 21.4. The molecule has 0 aromatic heterocycles. The minimum Gasteiger partial charge on any atom is -0.388 e. The zero-order valence-corrected chi connectivity index (χ0v) is 35.2. The molecular weight excluding hydrogens is 701 g/mol. The number of nitrogens with one attached hydrogen (secondary N) is 1. The molecule has 0 radical (unpaired) electrons. The molecule has 0 unspecified atom stereocenters. The Bertz CT molecular complexity index is 2540. The fourth-order valence-corrected chi connectivity index (χ4v) is 10.2. The van der Waals surface area contributed by atoms with Gasteiger partial charge in [0, 0.05) is 42.0 Å². The van der Waals surface area contributed by atoms with Gasteiger partial charge in [0.2, 0.25) is 0 Å². The standard InChI is InChI=1S/C56H58N2/c1-54(2)37-43(36-44(38-54)25-19-30-51-55(3,4)53-48-29-16-14-27-46(48)32-34-50(53)58(51)6)24-17-18-35-56(39-41-20-9-7-10-21-41,40-42-22-11-8-12-23-42)52-47-28-15-13-26-45(47)31-33-49(52)57-5/h7-34,36,57H,35,37-40H2,1-6H3/b18-17+,25-19+,43-24-,51-30+. The van der Waals surface area contributed by atoms with E-state index in [2.05, 4.69) is 228 Å². The lowest BCUT2D eigenvalue weighted by molar-refractivity contribution is 0.355. The van der Waals surface area contributed by atoms with Crippen molar-refractivity contribution in [3.63, 3.8) is 0 Å². The van der Waals surface area contributed by atoms with E-state index in [1.54, 1.807) is 0 Å². The fourth-order valence-electron chi connectivity index (χ4n) is 10.2. The van der Waals surface area contributed by atoms with E-state index in [4.69, 9.17) is 0 Å². The van der Waals surface area contributed by atoms with Crippen LogP contribution in [0.5, 0.6) is 0 Å². The molecule has 1 N–H and O–H groups in total. The van der Waals surface area contributed by atoms with Gasteiger partial charge in [-0.15, -0.1) is 0 Å². The van der Waals surface area contributed by atoms with E-state index in [0.717, 1.165) is 32.1 Å². The molecule has 1 aliphatic heterocycles. The summed E-state index contributed by atoms with van der Waals surface area (Å²) in [5.74, 6) is 0. The van der Waals surface area contributed by atoms with Crippen molar-refractivity contribution in [2.75, 3.05) is 24.3 Å². The number of likely N-dealkylation sites (N-methyl/N-ethyl adjacent to an activating group) is 1. The van der Waals surface area contributed by atoms with E-state index in [1.165, 1.54) is 72.0 Å². The third-order valence-electron chi connectivity index (χ3n) is 12.6. The number of nitrogens with zero attached hydrogens (tertiary/aromatic N) is 1. The Morgan fingerprint density at radius 2 is 1.26 bits per heavy atom. The highest BCUT2D eigenvalue weighted by Gasteiger charge is 2.40. The Morgan fingerprint density at radius 3 is 1.93 bits per heavy atom. The number of rotatable bonds is 11. The van der Waals surface area contributed by atoms with Crippen LogP contribution in [0.4, 0.5) is 11.4 Å². The highest BCUT2D eigenvalue weighted by atomic mass is 15.2. The maximum atomic E-state index is 3.62. The molecule has 6 aromatic carbocycles. The van der Waals surface area contributed by atoms with Gasteiger partial charge >= 0.3 is 0 Å². The summed E-state index contributed by atoms with van der Waals surface area (Å²) in [7, 11) is 4.28. The molecule has 1 heterocycles. The molecule has 58 heavy (non-hydrogen) atoms. The SMILES string of the molecule is CNc1ccc2ccccc2c1C(C/C=C/C=C1C=C(/C=C/C=C2/N(C)c3ccc4ccccc4c3C2(C)C)CC(C)(C)C/1)(Cc1ccccc1)Cc1ccccc1. The molecule has 0 bridgehead atoms. The van der Waals surface area contributed by atoms with E-state index in [-0.39, 0.29) is 16.2 Å². The van der Waals surface area contributed by atoms with Crippen molar-refractivity contribution in [3.05, 3.63) is 215 Å². The van der Waals surface area contributed by atoms with Crippen LogP contribution in [0.2, 0.25) is 0 Å². The average molecular weight is 759 g/mol. The fraction of sp³-hybridized carbons (Fsp3) is 0.250. The topological polar surface area (TPSA) is 15.3 Å². The molecule has 1 aliphatic carbocycles. The first-order valence-corrected chi connectivity index (χ1v) is 21.1. The minimum absolute atomic E-state index is 0.0956. The summed E-state index contributed by atoms with van der Waals surface area (Å²) >= 11 is 0. The smallest absolute Gasteiger partial charge is 0.0454 e. The number of benzene rings is 6. The summed E-state index contributed by atoms with van der Waals surface area (Å²) in [6, 6.07) is 48.9. The Labute approximate surface area is 347 Å². The van der Waals surface area contributed by atoms with Crippen LogP contribution in [0, 0.1) is 5.41 Å². The largest absolute Gasteiger partial charge is 0.388 e. The number of hydrogen-bond donors (Lipinski definition) is 1. The maximum absolute atomic E-state index is 3.62. The van der Waals surface area contributed by atoms with Crippen molar-refractivity contribution in [2.24, 2.45) is 5.41 Å². The number of hydrogen-bond acceptors (Lipinski definition) is 2. The first-order chi connectivity index (χ1) is 28.1. The lowest BCUT2D eigenvalue weighted by atomic mass is 9.67. The van der Waals surface area contributed by atoms with Crippen molar-refractivity contribution >= 4 is 32.9 Å². The first kappa shape index (κ1) is 39.0. The van der Waals surface area contributed by atoms with Crippen LogP contribution in [-0.4, -0.2) is 14.1 Å². The summed E-state index contributed by atoms with van der Waals surface area (Å²) < 4.78 is 0. The zero-order valence-electron chi connectivity index (χ0n) is 35.2. The first-order valence-electron chi connectivity index (χ1n) is 21.1. The van der Waals surface area contributed by atoms with Gasteiger partial charge in [0.25, 0.3) is 0 Å². The van der Waals surface area contributed by atoms with Crippen LogP contribution in [0.25, 0.3) is 21.5 Å². The number of anilines is 2. The van der Waals surface area contributed by atoms with Crippen molar-refractivity contribution in [1.29, 1.82) is 0 Å².